The summed E-state index contributed by atoms with van der Waals surface area (Å²) in [6.07, 6.45) is 0.574. The number of anilines is 1. The van der Waals surface area contributed by atoms with E-state index in [-0.39, 0.29) is 0 Å². The van der Waals surface area contributed by atoms with Gasteiger partial charge in [-0.05, 0) is 26.0 Å². The fourth-order valence-corrected chi connectivity index (χ4v) is 3.01. The fourth-order valence-electron chi connectivity index (χ4n) is 3.01. The molecule has 0 radical (unpaired) electrons. The molecule has 2 aromatic rings. The van der Waals surface area contributed by atoms with Crippen LogP contribution in [0.25, 0.3) is 0 Å². The van der Waals surface area contributed by atoms with Crippen molar-refractivity contribution in [3.63, 3.8) is 0 Å². The van der Waals surface area contributed by atoms with Crippen LogP contribution in [0.2, 0.25) is 0 Å². The lowest BCUT2D eigenvalue weighted by Crippen LogP contribution is -2.52. The molecule has 0 atom stereocenters. The molecular weight excluding hydrogens is 354 g/mol. The number of aryl methyl sites for hydroxylation is 1. The number of benzene rings is 1. The molecule has 9 heteroatoms. The van der Waals surface area contributed by atoms with E-state index in [1.807, 2.05) is 11.8 Å². The maximum absolute atomic E-state index is 14.0. The normalized spacial score (nSPS) is 15.3. The molecule has 0 aliphatic carbocycles. The van der Waals surface area contributed by atoms with Gasteiger partial charge in [-0.2, -0.15) is 4.98 Å². The first kappa shape index (κ1) is 19.1. The number of aliphatic imine (C=N–C) groups is 1. The zero-order valence-corrected chi connectivity index (χ0v) is 15.6. The van der Waals surface area contributed by atoms with Gasteiger partial charge in [0.25, 0.3) is 0 Å². The van der Waals surface area contributed by atoms with E-state index < -0.39 is 11.6 Å². The van der Waals surface area contributed by atoms with Crippen LogP contribution >= 0.6 is 0 Å². The topological polar surface area (TPSA) is 69.8 Å². The third-order valence-corrected chi connectivity index (χ3v) is 4.32. The number of rotatable bonds is 5. The van der Waals surface area contributed by atoms with Crippen molar-refractivity contribution in [2.24, 2.45) is 4.99 Å². The number of hydrogen-bond donors (Lipinski definition) is 1. The summed E-state index contributed by atoms with van der Waals surface area (Å²) in [5.41, 5.74) is 0.309. The Balaban J connectivity index is 1.59. The van der Waals surface area contributed by atoms with E-state index in [1.54, 1.807) is 6.92 Å². The molecule has 1 aromatic carbocycles. The lowest BCUT2D eigenvalue weighted by atomic mass is 10.2. The van der Waals surface area contributed by atoms with Gasteiger partial charge in [-0.15, -0.1) is 0 Å². The van der Waals surface area contributed by atoms with Crippen molar-refractivity contribution in [2.45, 2.75) is 20.3 Å². The van der Waals surface area contributed by atoms with E-state index in [0.29, 0.717) is 56.5 Å². The Morgan fingerprint density at radius 1 is 1.26 bits per heavy atom. The molecule has 0 amide bonds. The Hall–Kier alpha value is -2.71. The van der Waals surface area contributed by atoms with Crippen LogP contribution in [-0.4, -0.2) is 60.3 Å². The van der Waals surface area contributed by atoms with Gasteiger partial charge in [-0.3, -0.25) is 4.99 Å². The van der Waals surface area contributed by atoms with E-state index in [0.717, 1.165) is 18.6 Å². The van der Waals surface area contributed by atoms with Gasteiger partial charge in [-0.1, -0.05) is 5.16 Å². The highest BCUT2D eigenvalue weighted by Gasteiger charge is 2.22. The number of guanidine groups is 1. The first-order valence-corrected chi connectivity index (χ1v) is 9.09. The summed E-state index contributed by atoms with van der Waals surface area (Å²) in [6.45, 7) is 7.58. The molecule has 1 aliphatic rings. The minimum absolute atomic E-state index is 0.309. The maximum Gasteiger partial charge on any atom is 0.228 e. The van der Waals surface area contributed by atoms with Crippen LogP contribution in [0.3, 0.4) is 0 Å². The van der Waals surface area contributed by atoms with E-state index >= 15 is 0 Å². The van der Waals surface area contributed by atoms with Gasteiger partial charge in [0.1, 0.15) is 11.6 Å². The summed E-state index contributed by atoms with van der Waals surface area (Å²) in [4.78, 5) is 12.8. The molecule has 0 bridgehead atoms. The fraction of sp³-hybridized carbons (Fsp3) is 0.500. The Bertz CT molecular complexity index is 786. The van der Waals surface area contributed by atoms with Gasteiger partial charge in [-0.25, -0.2) is 8.78 Å². The maximum atomic E-state index is 14.0. The lowest BCUT2D eigenvalue weighted by molar-refractivity contribution is 0.367. The van der Waals surface area contributed by atoms with Crippen LogP contribution < -0.4 is 10.2 Å². The summed E-state index contributed by atoms with van der Waals surface area (Å²) in [6, 6.07) is 3.55. The van der Waals surface area contributed by atoms with Crippen molar-refractivity contribution in [1.29, 1.82) is 0 Å². The molecule has 2 heterocycles. The highest BCUT2D eigenvalue weighted by atomic mass is 19.1. The predicted octanol–water partition coefficient (Wildman–Crippen LogP) is 1.99. The molecule has 1 aromatic heterocycles. The van der Waals surface area contributed by atoms with Crippen molar-refractivity contribution in [3.05, 3.63) is 41.5 Å². The van der Waals surface area contributed by atoms with Crippen molar-refractivity contribution >= 4 is 11.6 Å². The summed E-state index contributed by atoms with van der Waals surface area (Å²) in [5.74, 6) is 1.15. The highest BCUT2D eigenvalue weighted by molar-refractivity contribution is 5.80. The van der Waals surface area contributed by atoms with Crippen molar-refractivity contribution in [2.75, 3.05) is 44.2 Å². The number of nitrogens with zero attached hydrogens (tertiary/aromatic N) is 5. The van der Waals surface area contributed by atoms with Crippen molar-refractivity contribution in [1.82, 2.24) is 20.4 Å². The second-order valence-electron chi connectivity index (χ2n) is 6.29. The molecule has 1 saturated heterocycles. The molecule has 0 spiro atoms. The van der Waals surface area contributed by atoms with Crippen LogP contribution in [0, 0.1) is 18.6 Å². The minimum Gasteiger partial charge on any atom is -0.366 e. The van der Waals surface area contributed by atoms with Crippen LogP contribution in [-0.2, 0) is 6.42 Å². The summed E-state index contributed by atoms with van der Waals surface area (Å²) >= 11 is 0. The minimum atomic E-state index is -0.431. The molecular formula is C18H24F2N6O. The van der Waals surface area contributed by atoms with E-state index in [4.69, 9.17) is 4.52 Å². The zero-order valence-electron chi connectivity index (χ0n) is 15.6. The molecule has 146 valence electrons. The largest absolute Gasteiger partial charge is 0.366 e. The molecule has 0 saturated carbocycles. The van der Waals surface area contributed by atoms with Gasteiger partial charge in [0.15, 0.2) is 11.8 Å². The van der Waals surface area contributed by atoms with Crippen LogP contribution in [0.1, 0.15) is 18.6 Å². The average molecular weight is 378 g/mol. The van der Waals surface area contributed by atoms with Crippen LogP contribution in [0.4, 0.5) is 14.5 Å². The van der Waals surface area contributed by atoms with Gasteiger partial charge >= 0.3 is 0 Å². The van der Waals surface area contributed by atoms with Crippen molar-refractivity contribution < 1.29 is 13.3 Å². The van der Waals surface area contributed by atoms with Gasteiger partial charge in [0.2, 0.25) is 5.89 Å². The first-order valence-electron chi connectivity index (χ1n) is 9.09. The highest BCUT2D eigenvalue weighted by Crippen LogP contribution is 2.21. The Morgan fingerprint density at radius 2 is 2.04 bits per heavy atom. The number of piperazine rings is 1. The molecule has 27 heavy (non-hydrogen) atoms. The van der Waals surface area contributed by atoms with Gasteiger partial charge in [0, 0.05) is 45.2 Å². The average Bonchev–Trinajstić information content (AvgIpc) is 3.08. The monoisotopic (exact) mass is 378 g/mol. The zero-order chi connectivity index (χ0) is 19.2. The molecule has 7 nitrogen and oxygen atoms in total. The number of hydrogen-bond acceptors (Lipinski definition) is 5. The van der Waals surface area contributed by atoms with Crippen molar-refractivity contribution in [3.8, 4) is 0 Å². The molecule has 0 unspecified atom stereocenters. The van der Waals surface area contributed by atoms with Crippen LogP contribution in [0.15, 0.2) is 27.7 Å². The molecule has 3 rings (SSSR count). The van der Waals surface area contributed by atoms with Crippen LogP contribution in [0.5, 0.6) is 0 Å². The Labute approximate surface area is 157 Å². The standard InChI is InChI=1S/C18H24F2N6O/c1-3-21-18(22-7-6-17-23-13(2)24-27-17)26-10-8-25(9-11-26)16-12-14(19)4-5-15(16)20/h4-5,12H,3,6-11H2,1-2H3,(H,21,22). The molecule has 1 aliphatic heterocycles. The molecule has 1 fully saturated rings. The second-order valence-corrected chi connectivity index (χ2v) is 6.29. The first-order chi connectivity index (χ1) is 13.1. The number of aromatic nitrogens is 2. The third kappa shape index (κ3) is 4.93. The Morgan fingerprint density at radius 3 is 2.70 bits per heavy atom. The quantitative estimate of drug-likeness (QED) is 0.634. The van der Waals surface area contributed by atoms with E-state index in [2.05, 4.69) is 25.3 Å². The predicted molar refractivity (Wildman–Crippen MR) is 98.9 cm³/mol. The molecule has 1 N–H and O–H groups in total. The van der Waals surface area contributed by atoms with E-state index in [1.165, 1.54) is 12.1 Å². The third-order valence-electron chi connectivity index (χ3n) is 4.32. The number of halogens is 2. The smallest absolute Gasteiger partial charge is 0.228 e. The second kappa shape index (κ2) is 8.79. The van der Waals surface area contributed by atoms with Gasteiger partial charge in [0.05, 0.1) is 12.2 Å². The summed E-state index contributed by atoms with van der Waals surface area (Å²) < 4.78 is 32.5. The number of nitrogens with one attached hydrogen (secondary N) is 1. The summed E-state index contributed by atoms with van der Waals surface area (Å²) in [5, 5.41) is 7.04. The SMILES string of the molecule is CCNC(=NCCc1nc(C)no1)N1CCN(c2cc(F)ccc2F)CC1. The summed E-state index contributed by atoms with van der Waals surface area (Å²) in [7, 11) is 0. The van der Waals surface area contributed by atoms with Gasteiger partial charge < -0.3 is 19.6 Å². The van der Waals surface area contributed by atoms with E-state index in [9.17, 15) is 8.78 Å². The Kier molecular flexibility index (Phi) is 6.20. The lowest BCUT2D eigenvalue weighted by Gasteiger charge is -2.37.